The molecule has 0 aliphatic heterocycles. The molecule has 0 atom stereocenters. The summed E-state index contributed by atoms with van der Waals surface area (Å²) in [6.45, 7) is 5.26. The van der Waals surface area contributed by atoms with E-state index >= 15 is 0 Å². The number of rotatable bonds is 6. The number of hydrogen-bond donors (Lipinski definition) is 1. The number of H-pyrrole nitrogens is 1. The Morgan fingerprint density at radius 3 is 2.55 bits per heavy atom. The molecule has 1 aromatic carbocycles. The molecule has 0 spiro atoms. The molecule has 7 heteroatoms. The maximum absolute atomic E-state index is 13.1. The van der Waals surface area contributed by atoms with Gasteiger partial charge in [0.2, 0.25) is 5.78 Å². The van der Waals surface area contributed by atoms with Crippen molar-refractivity contribution in [1.82, 2.24) is 14.8 Å². The molecule has 29 heavy (non-hydrogen) atoms. The van der Waals surface area contributed by atoms with Crippen molar-refractivity contribution in [1.29, 1.82) is 5.26 Å². The van der Waals surface area contributed by atoms with Gasteiger partial charge in [0.1, 0.15) is 11.6 Å². The summed E-state index contributed by atoms with van der Waals surface area (Å²) < 4.78 is 6.72. The lowest BCUT2D eigenvalue weighted by molar-refractivity contribution is 0.0523. The van der Waals surface area contributed by atoms with Gasteiger partial charge in [-0.2, -0.15) is 10.4 Å². The number of hydrogen-bond acceptors (Lipinski definition) is 5. The van der Waals surface area contributed by atoms with Crippen LogP contribution in [0.1, 0.15) is 44.6 Å². The minimum atomic E-state index is -0.591. The van der Waals surface area contributed by atoms with Crippen LogP contribution >= 0.6 is 0 Å². The molecule has 0 bridgehead atoms. The number of nitriles is 1. The maximum Gasteiger partial charge on any atom is 0.340 e. The predicted octanol–water partition coefficient (Wildman–Crippen LogP) is 3.78. The fourth-order valence-corrected chi connectivity index (χ4v) is 3.11. The zero-order valence-corrected chi connectivity index (χ0v) is 16.4. The van der Waals surface area contributed by atoms with Crippen LogP contribution < -0.4 is 0 Å². The number of Topliss-reactive ketones (excluding diaryl/α,β-unsaturated/α-hetero) is 1. The number of ether oxygens (including phenoxy) is 1. The highest BCUT2D eigenvalue weighted by atomic mass is 16.5. The highest BCUT2D eigenvalue weighted by molar-refractivity contribution is 6.19. The zero-order chi connectivity index (χ0) is 21.0. The molecule has 0 amide bonds. The second kappa shape index (κ2) is 8.40. The van der Waals surface area contributed by atoms with E-state index in [1.807, 2.05) is 36.4 Å². The van der Waals surface area contributed by atoms with Gasteiger partial charge in [-0.25, -0.2) is 9.48 Å². The molecule has 2 heterocycles. The van der Waals surface area contributed by atoms with Gasteiger partial charge in [-0.3, -0.25) is 4.79 Å². The van der Waals surface area contributed by atoms with Crippen LogP contribution in [0.4, 0.5) is 0 Å². The molecule has 7 nitrogen and oxygen atoms in total. The molecule has 0 aliphatic rings. The molecule has 2 aromatic heterocycles. The molecular weight excluding hydrogens is 368 g/mol. The minimum Gasteiger partial charge on any atom is -0.462 e. The van der Waals surface area contributed by atoms with E-state index in [-0.39, 0.29) is 23.3 Å². The van der Waals surface area contributed by atoms with E-state index in [1.54, 1.807) is 37.8 Å². The Labute approximate surface area is 168 Å². The van der Waals surface area contributed by atoms with Gasteiger partial charge in [-0.05, 0) is 39.0 Å². The Balaban J connectivity index is 1.98. The number of aromatic nitrogens is 3. The highest BCUT2D eigenvalue weighted by Gasteiger charge is 2.27. The molecule has 0 saturated carbocycles. The van der Waals surface area contributed by atoms with E-state index in [9.17, 15) is 14.9 Å². The van der Waals surface area contributed by atoms with Crippen LogP contribution in [0, 0.1) is 25.2 Å². The number of para-hydroxylation sites is 1. The van der Waals surface area contributed by atoms with Crippen LogP contribution in [0.15, 0.2) is 48.3 Å². The summed E-state index contributed by atoms with van der Waals surface area (Å²) in [5, 5.41) is 13.8. The first-order chi connectivity index (χ1) is 14.0. The molecule has 3 aromatic rings. The number of esters is 1. The largest absolute Gasteiger partial charge is 0.462 e. The first kappa shape index (κ1) is 19.8. The summed E-state index contributed by atoms with van der Waals surface area (Å²) >= 11 is 0. The molecule has 0 radical (unpaired) electrons. The number of carbonyl (C=O) groups excluding carboxylic acids is 2. The summed E-state index contributed by atoms with van der Waals surface area (Å²) in [5.41, 5.74) is 2.72. The Hall–Kier alpha value is -3.92. The summed E-state index contributed by atoms with van der Waals surface area (Å²) in [4.78, 5) is 28.4. The topological polar surface area (TPSA) is 101 Å². The van der Waals surface area contributed by atoms with E-state index in [4.69, 9.17) is 4.74 Å². The summed E-state index contributed by atoms with van der Waals surface area (Å²) in [7, 11) is 0. The van der Waals surface area contributed by atoms with Gasteiger partial charge in [0.05, 0.1) is 29.6 Å². The quantitative estimate of drug-likeness (QED) is 0.300. The predicted molar refractivity (Wildman–Crippen MR) is 108 cm³/mol. The molecule has 0 unspecified atom stereocenters. The second-order valence-electron chi connectivity index (χ2n) is 6.40. The minimum absolute atomic E-state index is 0.0924. The Morgan fingerprint density at radius 2 is 1.90 bits per heavy atom. The Kier molecular flexibility index (Phi) is 5.74. The first-order valence-electron chi connectivity index (χ1n) is 9.09. The van der Waals surface area contributed by atoms with Crippen molar-refractivity contribution < 1.29 is 14.3 Å². The van der Waals surface area contributed by atoms with Crippen molar-refractivity contribution in [2.45, 2.75) is 20.8 Å². The van der Waals surface area contributed by atoms with Crippen molar-refractivity contribution in [3.63, 3.8) is 0 Å². The summed E-state index contributed by atoms with van der Waals surface area (Å²) in [6.07, 6.45) is 4.76. The first-order valence-corrected chi connectivity index (χ1v) is 9.09. The number of nitrogens with zero attached hydrogens (tertiary/aromatic N) is 3. The van der Waals surface area contributed by atoms with Crippen LogP contribution in [0.2, 0.25) is 0 Å². The van der Waals surface area contributed by atoms with E-state index in [0.717, 1.165) is 5.69 Å². The van der Waals surface area contributed by atoms with Gasteiger partial charge < -0.3 is 9.72 Å². The number of ketones is 1. The monoisotopic (exact) mass is 388 g/mol. The molecule has 0 saturated heterocycles. The fourth-order valence-electron chi connectivity index (χ4n) is 3.11. The maximum atomic E-state index is 13.1. The number of allylic oxidation sites excluding steroid dienone is 1. The van der Waals surface area contributed by atoms with Crippen molar-refractivity contribution in [2.24, 2.45) is 0 Å². The van der Waals surface area contributed by atoms with E-state index in [0.29, 0.717) is 17.0 Å². The Bertz CT molecular complexity index is 1130. The third kappa shape index (κ3) is 4.01. The lowest BCUT2D eigenvalue weighted by Gasteiger charge is -2.05. The molecule has 0 fully saturated rings. The SMILES string of the molecule is CCOC(=O)c1c(C)[nH]c(C)c1C(=O)/C(C#N)=C/c1cnn(-c2ccccc2)c1. The van der Waals surface area contributed by atoms with E-state index < -0.39 is 11.8 Å². The van der Waals surface area contributed by atoms with Gasteiger partial charge in [0.15, 0.2) is 0 Å². The van der Waals surface area contributed by atoms with Crippen molar-refractivity contribution in [2.75, 3.05) is 6.61 Å². The van der Waals surface area contributed by atoms with Gasteiger partial charge in [0, 0.05) is 23.1 Å². The van der Waals surface area contributed by atoms with E-state index in [1.165, 1.54) is 6.08 Å². The highest BCUT2D eigenvalue weighted by Crippen LogP contribution is 2.24. The molecule has 1 N–H and O–H groups in total. The average Bonchev–Trinajstić information content (AvgIpc) is 3.30. The number of nitrogens with one attached hydrogen (secondary N) is 1. The van der Waals surface area contributed by atoms with Crippen molar-refractivity contribution in [3.05, 3.63) is 76.4 Å². The van der Waals surface area contributed by atoms with Crippen LogP contribution in [-0.2, 0) is 4.74 Å². The van der Waals surface area contributed by atoms with Gasteiger partial charge in [-0.15, -0.1) is 0 Å². The molecule has 146 valence electrons. The van der Waals surface area contributed by atoms with Crippen molar-refractivity contribution in [3.8, 4) is 11.8 Å². The average molecular weight is 388 g/mol. The van der Waals surface area contributed by atoms with Crippen LogP contribution in [0.3, 0.4) is 0 Å². The van der Waals surface area contributed by atoms with E-state index in [2.05, 4.69) is 10.1 Å². The third-order valence-electron chi connectivity index (χ3n) is 4.38. The van der Waals surface area contributed by atoms with Crippen LogP contribution in [-0.4, -0.2) is 33.1 Å². The second-order valence-corrected chi connectivity index (χ2v) is 6.40. The fraction of sp³-hybridized carbons (Fsp3) is 0.182. The Morgan fingerprint density at radius 1 is 1.21 bits per heavy atom. The normalized spacial score (nSPS) is 11.2. The smallest absolute Gasteiger partial charge is 0.340 e. The zero-order valence-electron chi connectivity index (χ0n) is 16.4. The van der Waals surface area contributed by atoms with Gasteiger partial charge in [0.25, 0.3) is 0 Å². The van der Waals surface area contributed by atoms with Gasteiger partial charge in [-0.1, -0.05) is 18.2 Å². The lowest BCUT2D eigenvalue weighted by Crippen LogP contribution is -2.13. The standard InChI is InChI=1S/C22H20N4O3/c1-4-29-22(28)20-15(3)25-14(2)19(20)21(27)17(11-23)10-16-12-24-26(13-16)18-8-6-5-7-9-18/h5-10,12-13,25H,4H2,1-3H3/b17-10+. The molecule has 0 aliphatic carbocycles. The lowest BCUT2D eigenvalue weighted by atomic mass is 9.98. The van der Waals surface area contributed by atoms with Crippen molar-refractivity contribution >= 4 is 17.8 Å². The number of aryl methyl sites for hydroxylation is 2. The summed E-state index contributed by atoms with van der Waals surface area (Å²) in [5.74, 6) is -1.13. The number of benzene rings is 1. The van der Waals surface area contributed by atoms with Gasteiger partial charge >= 0.3 is 5.97 Å². The molecule has 3 rings (SSSR count). The third-order valence-corrected chi connectivity index (χ3v) is 4.38. The van der Waals surface area contributed by atoms with Crippen LogP contribution in [0.5, 0.6) is 0 Å². The number of aromatic amines is 1. The summed E-state index contributed by atoms with van der Waals surface area (Å²) in [6, 6.07) is 11.4. The molecular formula is C22H20N4O3. The number of carbonyl (C=O) groups is 2. The van der Waals surface area contributed by atoms with Crippen LogP contribution in [0.25, 0.3) is 11.8 Å².